The van der Waals surface area contributed by atoms with Crippen LogP contribution in [0.4, 0.5) is 11.6 Å². The molecule has 19 heavy (non-hydrogen) atoms. The summed E-state index contributed by atoms with van der Waals surface area (Å²) in [6.45, 7) is 0. The lowest BCUT2D eigenvalue weighted by molar-refractivity contribution is 0.459. The summed E-state index contributed by atoms with van der Waals surface area (Å²) in [4.78, 5) is 13.1. The molecule has 5 nitrogen and oxygen atoms in total. The molecule has 0 atom stereocenters. The van der Waals surface area contributed by atoms with Crippen molar-refractivity contribution in [3.05, 3.63) is 41.6 Å². The molecule has 0 saturated carbocycles. The lowest BCUT2D eigenvalue weighted by Gasteiger charge is -2.18. The van der Waals surface area contributed by atoms with Gasteiger partial charge in [-0.05, 0) is 30.3 Å². The minimum atomic E-state index is 0.440. The molecule has 1 aromatic carbocycles. The highest BCUT2D eigenvalue weighted by Gasteiger charge is 2.20. The number of halogens is 1. The van der Waals surface area contributed by atoms with Crippen molar-refractivity contribution in [1.29, 1.82) is 0 Å². The van der Waals surface area contributed by atoms with Crippen molar-refractivity contribution in [2.24, 2.45) is 0 Å². The molecule has 0 saturated heterocycles. The van der Waals surface area contributed by atoms with E-state index in [1.165, 1.54) is 0 Å². The van der Waals surface area contributed by atoms with Gasteiger partial charge in [-0.25, -0.2) is 15.0 Å². The van der Waals surface area contributed by atoms with Crippen molar-refractivity contribution in [3.8, 4) is 11.6 Å². The predicted molar refractivity (Wildman–Crippen MR) is 72.1 cm³/mol. The number of ether oxygens (including phenoxy) is 1. The molecule has 2 aromatic heterocycles. The first-order valence-electron chi connectivity index (χ1n) is 5.67. The second kappa shape index (κ2) is 3.80. The van der Waals surface area contributed by atoms with Crippen LogP contribution in [0.3, 0.4) is 0 Å². The molecule has 0 radical (unpaired) electrons. The van der Waals surface area contributed by atoms with Crippen LogP contribution in [0.25, 0.3) is 11.0 Å². The molecule has 0 bridgehead atoms. The Labute approximate surface area is 113 Å². The largest absolute Gasteiger partial charge is 0.432 e. The second-order valence-corrected chi connectivity index (χ2v) is 4.52. The van der Waals surface area contributed by atoms with Crippen LogP contribution in [-0.2, 0) is 0 Å². The zero-order chi connectivity index (χ0) is 12.8. The minimum Gasteiger partial charge on any atom is -0.432 e. The Kier molecular flexibility index (Phi) is 2.10. The van der Waals surface area contributed by atoms with Crippen LogP contribution < -0.4 is 10.1 Å². The number of pyridine rings is 1. The van der Waals surface area contributed by atoms with E-state index in [4.69, 9.17) is 16.3 Å². The van der Waals surface area contributed by atoms with Crippen LogP contribution in [0.15, 0.2) is 36.5 Å². The number of aromatic nitrogens is 3. The number of hydrogen-bond donors (Lipinski definition) is 1. The fourth-order valence-electron chi connectivity index (χ4n) is 1.95. The van der Waals surface area contributed by atoms with Gasteiger partial charge in [-0.1, -0.05) is 11.6 Å². The van der Waals surface area contributed by atoms with Crippen LogP contribution in [0.5, 0.6) is 11.6 Å². The van der Waals surface area contributed by atoms with E-state index in [9.17, 15) is 0 Å². The number of anilines is 2. The Morgan fingerprint density at radius 3 is 2.95 bits per heavy atom. The number of benzene rings is 1. The van der Waals surface area contributed by atoms with Crippen LogP contribution in [0.1, 0.15) is 0 Å². The molecule has 0 unspecified atom stereocenters. The molecule has 4 rings (SSSR count). The van der Waals surface area contributed by atoms with Crippen LogP contribution in [-0.4, -0.2) is 15.0 Å². The molecule has 3 heterocycles. The van der Waals surface area contributed by atoms with E-state index in [2.05, 4.69) is 20.3 Å². The van der Waals surface area contributed by atoms with Crippen molar-refractivity contribution >= 4 is 34.3 Å². The summed E-state index contributed by atoms with van der Waals surface area (Å²) in [7, 11) is 0. The molecule has 1 aliphatic heterocycles. The summed E-state index contributed by atoms with van der Waals surface area (Å²) >= 11 is 5.95. The fourth-order valence-corrected chi connectivity index (χ4v) is 2.11. The van der Waals surface area contributed by atoms with E-state index >= 15 is 0 Å². The Balaban J connectivity index is 1.91. The van der Waals surface area contributed by atoms with Crippen molar-refractivity contribution in [3.63, 3.8) is 0 Å². The van der Waals surface area contributed by atoms with E-state index in [-0.39, 0.29) is 0 Å². The Hall–Kier alpha value is -2.40. The third kappa shape index (κ3) is 1.67. The van der Waals surface area contributed by atoms with E-state index in [1.807, 2.05) is 12.1 Å². The van der Waals surface area contributed by atoms with Gasteiger partial charge < -0.3 is 10.1 Å². The molecule has 3 aromatic rings. The molecule has 0 amide bonds. The topological polar surface area (TPSA) is 59.9 Å². The van der Waals surface area contributed by atoms with Crippen molar-refractivity contribution in [2.75, 3.05) is 5.32 Å². The normalized spacial score (nSPS) is 12.3. The van der Waals surface area contributed by atoms with Crippen molar-refractivity contribution in [1.82, 2.24) is 15.0 Å². The molecule has 0 spiro atoms. The van der Waals surface area contributed by atoms with Crippen LogP contribution >= 0.6 is 11.6 Å². The number of nitrogens with one attached hydrogen (secondary N) is 1. The van der Waals surface area contributed by atoms with Gasteiger partial charge in [0, 0.05) is 11.2 Å². The molecule has 1 aliphatic rings. The van der Waals surface area contributed by atoms with Gasteiger partial charge in [0.25, 0.3) is 5.88 Å². The molecule has 92 valence electrons. The Bertz CT molecular complexity index is 806. The molecule has 6 heteroatoms. The summed E-state index contributed by atoms with van der Waals surface area (Å²) in [5, 5.41) is 3.72. The highest BCUT2D eigenvalue weighted by Crippen LogP contribution is 2.38. The van der Waals surface area contributed by atoms with Crippen molar-refractivity contribution in [2.45, 2.75) is 0 Å². The molecular weight excluding hydrogens is 264 g/mol. The SMILES string of the molecule is Clc1ccc2nc3c(nc2c1)Nc1ncccc1O3. The van der Waals surface area contributed by atoms with Gasteiger partial charge in [0.1, 0.15) is 0 Å². The summed E-state index contributed by atoms with van der Waals surface area (Å²) in [6, 6.07) is 8.98. The first-order chi connectivity index (χ1) is 9.29. The standard InChI is InChI=1S/C13H7ClN4O/c14-7-3-4-8-9(6-7)16-12-13(17-8)19-10-2-1-5-15-11(10)18-12/h1-6H,(H,15,16,18). The van der Waals surface area contributed by atoms with Crippen LogP contribution in [0.2, 0.25) is 5.02 Å². The third-order valence-corrected chi connectivity index (χ3v) is 3.04. The summed E-state index contributed by atoms with van der Waals surface area (Å²) in [5.74, 6) is 2.25. The van der Waals surface area contributed by atoms with Gasteiger partial charge in [0.15, 0.2) is 17.4 Å². The number of fused-ring (bicyclic) bond motifs is 3. The first kappa shape index (κ1) is 10.5. The second-order valence-electron chi connectivity index (χ2n) is 4.09. The molecule has 0 fully saturated rings. The maximum absolute atomic E-state index is 5.95. The van der Waals surface area contributed by atoms with E-state index in [0.717, 1.165) is 5.52 Å². The lowest BCUT2D eigenvalue weighted by Crippen LogP contribution is -2.07. The maximum atomic E-state index is 5.95. The van der Waals surface area contributed by atoms with Gasteiger partial charge in [-0.3, -0.25) is 0 Å². The van der Waals surface area contributed by atoms with Gasteiger partial charge >= 0.3 is 0 Å². The zero-order valence-corrected chi connectivity index (χ0v) is 10.3. The first-order valence-corrected chi connectivity index (χ1v) is 6.04. The number of hydrogen-bond acceptors (Lipinski definition) is 5. The summed E-state index contributed by atoms with van der Waals surface area (Å²) < 4.78 is 5.68. The van der Waals surface area contributed by atoms with Crippen molar-refractivity contribution < 1.29 is 4.74 Å². The number of rotatable bonds is 0. The average Bonchev–Trinajstić information content (AvgIpc) is 2.43. The smallest absolute Gasteiger partial charge is 0.264 e. The van der Waals surface area contributed by atoms with Gasteiger partial charge in [0.05, 0.1) is 11.0 Å². The lowest BCUT2D eigenvalue weighted by atomic mass is 10.3. The monoisotopic (exact) mass is 270 g/mol. The molecule has 0 aliphatic carbocycles. The van der Waals surface area contributed by atoms with E-state index < -0.39 is 0 Å². The number of nitrogens with zero attached hydrogens (tertiary/aromatic N) is 3. The zero-order valence-electron chi connectivity index (χ0n) is 9.59. The maximum Gasteiger partial charge on any atom is 0.264 e. The quantitative estimate of drug-likeness (QED) is 0.530. The molecular formula is C13H7ClN4O. The highest BCUT2D eigenvalue weighted by molar-refractivity contribution is 6.31. The van der Waals surface area contributed by atoms with E-state index in [0.29, 0.717) is 33.8 Å². The highest BCUT2D eigenvalue weighted by atomic mass is 35.5. The minimum absolute atomic E-state index is 0.440. The van der Waals surface area contributed by atoms with Gasteiger partial charge in [0.2, 0.25) is 0 Å². The Morgan fingerprint density at radius 1 is 1.05 bits per heavy atom. The fraction of sp³-hybridized carbons (Fsp3) is 0. The molecule has 1 N–H and O–H groups in total. The summed E-state index contributed by atoms with van der Waals surface area (Å²) in [5.41, 5.74) is 1.44. The predicted octanol–water partition coefficient (Wildman–Crippen LogP) is 3.53. The van der Waals surface area contributed by atoms with Crippen LogP contribution in [0, 0.1) is 0 Å². The van der Waals surface area contributed by atoms with E-state index in [1.54, 1.807) is 24.4 Å². The Morgan fingerprint density at radius 2 is 2.00 bits per heavy atom. The average molecular weight is 271 g/mol. The summed E-state index contributed by atoms with van der Waals surface area (Å²) in [6.07, 6.45) is 1.69. The third-order valence-electron chi connectivity index (χ3n) is 2.81. The van der Waals surface area contributed by atoms with Gasteiger partial charge in [-0.2, -0.15) is 0 Å². The van der Waals surface area contributed by atoms with Gasteiger partial charge in [-0.15, -0.1) is 0 Å².